The summed E-state index contributed by atoms with van der Waals surface area (Å²) in [6.07, 6.45) is 1.49. The number of benzene rings is 1. The zero-order valence-corrected chi connectivity index (χ0v) is 13.7. The average molecular weight is 367 g/mol. The molecule has 8 heteroatoms. The van der Waals surface area contributed by atoms with Crippen molar-refractivity contribution in [3.8, 4) is 5.75 Å². The van der Waals surface area contributed by atoms with E-state index in [9.17, 15) is 9.59 Å². The highest BCUT2D eigenvalue weighted by Crippen LogP contribution is 2.21. The molecule has 7 nitrogen and oxygen atoms in total. The lowest BCUT2D eigenvalue weighted by molar-refractivity contribution is -0.127. The van der Waals surface area contributed by atoms with Gasteiger partial charge < -0.3 is 4.74 Å². The Bertz CT molecular complexity index is 657. The third-order valence-corrected chi connectivity index (χ3v) is 3.63. The number of amides is 2. The van der Waals surface area contributed by atoms with E-state index in [0.717, 1.165) is 4.47 Å². The van der Waals surface area contributed by atoms with Crippen molar-refractivity contribution in [2.75, 3.05) is 7.11 Å². The Hall–Kier alpha value is -2.22. The van der Waals surface area contributed by atoms with Crippen molar-refractivity contribution in [2.24, 2.45) is 16.1 Å². The maximum Gasteiger partial charge on any atom is 0.249 e. The van der Waals surface area contributed by atoms with E-state index in [-0.39, 0.29) is 18.2 Å². The van der Waals surface area contributed by atoms with Gasteiger partial charge in [-0.3, -0.25) is 9.59 Å². The Labute approximate surface area is 135 Å². The highest BCUT2D eigenvalue weighted by Gasteiger charge is 2.28. The summed E-state index contributed by atoms with van der Waals surface area (Å²) in [5, 5.41) is 7.68. The highest BCUT2D eigenvalue weighted by molar-refractivity contribution is 9.10. The maximum absolute atomic E-state index is 11.8. The van der Waals surface area contributed by atoms with Crippen LogP contribution < -0.4 is 15.6 Å². The molecule has 1 unspecified atom stereocenters. The summed E-state index contributed by atoms with van der Waals surface area (Å²) in [5.41, 5.74) is 6.04. The predicted octanol–water partition coefficient (Wildman–Crippen LogP) is 1.42. The fourth-order valence-electron chi connectivity index (χ4n) is 1.94. The second-order valence-electron chi connectivity index (χ2n) is 4.67. The van der Waals surface area contributed by atoms with Gasteiger partial charge in [0.2, 0.25) is 11.8 Å². The van der Waals surface area contributed by atoms with Crippen LogP contribution in [0.2, 0.25) is 0 Å². The van der Waals surface area contributed by atoms with Gasteiger partial charge in [0.25, 0.3) is 0 Å². The minimum absolute atomic E-state index is 0.00806. The second-order valence-corrected chi connectivity index (χ2v) is 5.58. The van der Waals surface area contributed by atoms with Crippen LogP contribution in [0.5, 0.6) is 5.75 Å². The first-order valence-electron chi connectivity index (χ1n) is 6.50. The van der Waals surface area contributed by atoms with Gasteiger partial charge in [-0.05, 0) is 25.1 Å². The summed E-state index contributed by atoms with van der Waals surface area (Å²) >= 11 is 3.36. The first-order chi connectivity index (χ1) is 10.5. The van der Waals surface area contributed by atoms with Crippen LogP contribution in [-0.4, -0.2) is 30.9 Å². The standard InChI is InChI=1S/C14H15BrN4O3/c1-8-11(14(21)19-17-8)6-13(20)18-16-7-9-5-10(15)3-4-12(9)22-2/h3-5,7,11H,6H2,1-2H3,(H,18,20)(H,19,21)/b16-7+. The number of carbonyl (C=O) groups excluding carboxylic acids is 2. The number of rotatable bonds is 5. The van der Waals surface area contributed by atoms with E-state index in [2.05, 4.69) is 37.0 Å². The Morgan fingerprint density at radius 3 is 3.00 bits per heavy atom. The van der Waals surface area contributed by atoms with Crippen molar-refractivity contribution in [1.29, 1.82) is 0 Å². The van der Waals surface area contributed by atoms with Crippen LogP contribution in [0.3, 0.4) is 0 Å². The molecular formula is C14H15BrN4O3. The number of hydrogen-bond donors (Lipinski definition) is 2. The first kappa shape index (κ1) is 16.2. The first-order valence-corrected chi connectivity index (χ1v) is 7.30. The topological polar surface area (TPSA) is 92.1 Å². The molecule has 1 atom stereocenters. The van der Waals surface area contributed by atoms with Gasteiger partial charge in [0.1, 0.15) is 5.75 Å². The van der Waals surface area contributed by atoms with Gasteiger partial charge in [-0.1, -0.05) is 15.9 Å². The van der Waals surface area contributed by atoms with E-state index in [0.29, 0.717) is 17.0 Å². The number of methoxy groups -OCH3 is 1. The Balaban J connectivity index is 1.95. The van der Waals surface area contributed by atoms with Crippen LogP contribution in [0.4, 0.5) is 0 Å². The van der Waals surface area contributed by atoms with E-state index >= 15 is 0 Å². The number of nitrogens with zero attached hydrogens (tertiary/aromatic N) is 2. The van der Waals surface area contributed by atoms with E-state index in [1.807, 2.05) is 12.1 Å². The minimum Gasteiger partial charge on any atom is -0.496 e. The Morgan fingerprint density at radius 1 is 1.59 bits per heavy atom. The Kier molecular flexibility index (Phi) is 5.26. The summed E-state index contributed by atoms with van der Waals surface area (Å²) in [6.45, 7) is 1.70. The summed E-state index contributed by atoms with van der Waals surface area (Å²) in [4.78, 5) is 23.3. The number of hydrogen-bond acceptors (Lipinski definition) is 5. The number of hydrazone groups is 2. The van der Waals surface area contributed by atoms with Gasteiger partial charge in [-0.25, -0.2) is 10.9 Å². The van der Waals surface area contributed by atoms with Crippen LogP contribution in [-0.2, 0) is 9.59 Å². The second kappa shape index (κ2) is 7.17. The van der Waals surface area contributed by atoms with E-state index < -0.39 is 5.92 Å². The van der Waals surface area contributed by atoms with Crippen LogP contribution in [0.1, 0.15) is 18.9 Å². The van der Waals surface area contributed by atoms with Gasteiger partial charge in [0.05, 0.1) is 19.2 Å². The zero-order valence-electron chi connectivity index (χ0n) is 12.1. The molecule has 0 bridgehead atoms. The van der Waals surface area contributed by atoms with Crippen molar-refractivity contribution in [2.45, 2.75) is 13.3 Å². The maximum atomic E-state index is 11.8. The summed E-state index contributed by atoms with van der Waals surface area (Å²) in [7, 11) is 1.56. The van der Waals surface area contributed by atoms with E-state index in [1.54, 1.807) is 20.1 Å². The van der Waals surface area contributed by atoms with Gasteiger partial charge in [-0.15, -0.1) is 0 Å². The molecule has 0 aromatic heterocycles. The number of nitrogens with one attached hydrogen (secondary N) is 2. The largest absolute Gasteiger partial charge is 0.496 e. The fourth-order valence-corrected chi connectivity index (χ4v) is 2.32. The van der Waals surface area contributed by atoms with Crippen molar-refractivity contribution >= 4 is 39.7 Å². The molecule has 1 aliphatic rings. The molecule has 0 saturated carbocycles. The fraction of sp³-hybridized carbons (Fsp3) is 0.286. The molecule has 0 spiro atoms. The third kappa shape index (κ3) is 3.91. The van der Waals surface area contributed by atoms with Crippen molar-refractivity contribution in [1.82, 2.24) is 10.9 Å². The molecule has 0 radical (unpaired) electrons. The molecular weight excluding hydrogens is 352 g/mol. The molecule has 2 rings (SSSR count). The van der Waals surface area contributed by atoms with Crippen molar-refractivity contribution < 1.29 is 14.3 Å². The van der Waals surface area contributed by atoms with Crippen LogP contribution in [0.25, 0.3) is 0 Å². The van der Waals surface area contributed by atoms with Gasteiger partial charge >= 0.3 is 0 Å². The highest BCUT2D eigenvalue weighted by atomic mass is 79.9. The number of halogens is 1. The molecule has 1 heterocycles. The monoisotopic (exact) mass is 366 g/mol. The quantitative estimate of drug-likeness (QED) is 0.609. The molecule has 1 aliphatic heterocycles. The summed E-state index contributed by atoms with van der Waals surface area (Å²) in [6, 6.07) is 5.45. The molecule has 2 amide bonds. The molecule has 0 aliphatic carbocycles. The lowest BCUT2D eigenvalue weighted by Crippen LogP contribution is -2.29. The number of ether oxygens (including phenoxy) is 1. The Morgan fingerprint density at radius 2 is 2.36 bits per heavy atom. The number of carbonyl (C=O) groups is 2. The molecule has 1 aromatic carbocycles. The molecule has 116 valence electrons. The zero-order chi connectivity index (χ0) is 16.1. The molecule has 0 fully saturated rings. The van der Waals surface area contributed by atoms with Gasteiger partial charge in [-0.2, -0.15) is 10.2 Å². The van der Waals surface area contributed by atoms with Crippen LogP contribution >= 0.6 is 15.9 Å². The summed E-state index contributed by atoms with van der Waals surface area (Å²) < 4.78 is 6.07. The van der Waals surface area contributed by atoms with Crippen LogP contribution in [0.15, 0.2) is 32.9 Å². The normalized spacial score (nSPS) is 17.3. The van der Waals surface area contributed by atoms with E-state index in [4.69, 9.17) is 4.74 Å². The lowest BCUT2D eigenvalue weighted by Gasteiger charge is -2.06. The predicted molar refractivity (Wildman–Crippen MR) is 85.8 cm³/mol. The minimum atomic E-state index is -0.532. The lowest BCUT2D eigenvalue weighted by atomic mass is 10.0. The molecule has 2 N–H and O–H groups in total. The van der Waals surface area contributed by atoms with Crippen molar-refractivity contribution in [3.63, 3.8) is 0 Å². The molecule has 0 saturated heterocycles. The molecule has 1 aromatic rings. The smallest absolute Gasteiger partial charge is 0.249 e. The van der Waals surface area contributed by atoms with Crippen molar-refractivity contribution in [3.05, 3.63) is 28.2 Å². The third-order valence-electron chi connectivity index (χ3n) is 3.14. The summed E-state index contributed by atoms with van der Waals surface area (Å²) in [5.74, 6) is -0.526. The van der Waals surface area contributed by atoms with E-state index in [1.165, 1.54) is 6.21 Å². The van der Waals surface area contributed by atoms with Gasteiger partial charge in [0, 0.05) is 22.2 Å². The van der Waals surface area contributed by atoms with Crippen LogP contribution in [0, 0.1) is 5.92 Å². The SMILES string of the molecule is COc1ccc(Br)cc1/C=N/NC(=O)CC1C(=O)NN=C1C. The average Bonchev–Trinajstić information content (AvgIpc) is 2.79. The molecule has 22 heavy (non-hydrogen) atoms. The van der Waals surface area contributed by atoms with Gasteiger partial charge in [0.15, 0.2) is 0 Å².